The van der Waals surface area contributed by atoms with Crippen LogP contribution in [0.15, 0.2) is 4.99 Å². The quantitative estimate of drug-likeness (QED) is 0.0553. The van der Waals surface area contributed by atoms with Gasteiger partial charge < -0.3 is 43.4 Å². The van der Waals surface area contributed by atoms with Crippen LogP contribution in [0.5, 0.6) is 0 Å². The highest BCUT2D eigenvalue weighted by atomic mass is 32.2. The van der Waals surface area contributed by atoms with Crippen LogP contribution in [0.2, 0.25) is 0 Å². The number of carboxylic acids is 2. The summed E-state index contributed by atoms with van der Waals surface area (Å²) in [5.74, 6) is -4.61. The molecule has 0 spiro atoms. The van der Waals surface area contributed by atoms with Crippen molar-refractivity contribution in [2.45, 2.75) is 70.1 Å². The fourth-order valence-electron chi connectivity index (χ4n) is 3.01. The van der Waals surface area contributed by atoms with Crippen LogP contribution in [0.4, 0.5) is 0 Å². The van der Waals surface area contributed by atoms with Gasteiger partial charge in [-0.3, -0.25) is 24.2 Å². The molecule has 4 unspecified atom stereocenters. The molecule has 11 N–H and O–H groups in total. The average Bonchev–Trinajstić information content (AvgIpc) is 2.78. The highest BCUT2D eigenvalue weighted by molar-refractivity contribution is 7.98. The SMILES string of the molecule is CSCCC(NC(=O)C(CCC(=O)O)NC(=O)C(NC(=O)C(N)CCCN=C(N)N)C(C)C)C(=O)O. The second-order valence-corrected chi connectivity index (χ2v) is 9.45. The number of carbonyl (C=O) groups excluding carboxylic acids is 3. The molecule has 0 aromatic carbocycles. The zero-order valence-corrected chi connectivity index (χ0v) is 21.7. The van der Waals surface area contributed by atoms with E-state index >= 15 is 0 Å². The standard InChI is InChI=1S/C21H39N7O7S/c1-11(2)16(28-17(31)12(22)5-4-9-25-21(23)24)19(33)26-13(6-7-15(29)30)18(32)27-14(20(34)35)8-10-36-3/h11-14,16H,4-10,22H2,1-3H3,(H,26,33)(H,27,32)(H,28,31)(H,29,30)(H,34,35)(H4,23,24,25). The second kappa shape index (κ2) is 17.4. The predicted molar refractivity (Wildman–Crippen MR) is 136 cm³/mol. The summed E-state index contributed by atoms with van der Waals surface area (Å²) in [5.41, 5.74) is 16.4. The lowest BCUT2D eigenvalue weighted by molar-refractivity contribution is -0.143. The van der Waals surface area contributed by atoms with E-state index in [1.54, 1.807) is 20.1 Å². The van der Waals surface area contributed by atoms with E-state index in [1.165, 1.54) is 11.8 Å². The number of amides is 3. The zero-order valence-electron chi connectivity index (χ0n) is 20.9. The zero-order chi connectivity index (χ0) is 27.8. The van der Waals surface area contributed by atoms with Crippen LogP contribution in [0.3, 0.4) is 0 Å². The maximum Gasteiger partial charge on any atom is 0.326 e. The number of nitrogens with one attached hydrogen (secondary N) is 3. The number of nitrogens with two attached hydrogens (primary N) is 3. The molecule has 0 fully saturated rings. The minimum absolute atomic E-state index is 0.0787. The van der Waals surface area contributed by atoms with E-state index in [0.29, 0.717) is 12.2 Å². The van der Waals surface area contributed by atoms with E-state index in [1.807, 2.05) is 0 Å². The molecule has 0 heterocycles. The average molecular weight is 534 g/mol. The van der Waals surface area contributed by atoms with Gasteiger partial charge in [0.05, 0.1) is 6.04 Å². The minimum atomic E-state index is -1.32. The molecular formula is C21H39N7O7S. The lowest BCUT2D eigenvalue weighted by atomic mass is 10.0. The molecule has 0 radical (unpaired) electrons. The first kappa shape index (κ1) is 32.9. The van der Waals surface area contributed by atoms with E-state index in [9.17, 15) is 29.1 Å². The van der Waals surface area contributed by atoms with Gasteiger partial charge in [-0.25, -0.2) is 4.79 Å². The Balaban J connectivity index is 5.36. The molecule has 3 amide bonds. The highest BCUT2D eigenvalue weighted by Gasteiger charge is 2.31. The van der Waals surface area contributed by atoms with Gasteiger partial charge in [0, 0.05) is 13.0 Å². The third-order valence-corrected chi connectivity index (χ3v) is 5.70. The molecule has 0 bridgehead atoms. The third kappa shape index (κ3) is 13.7. The number of nitrogens with zero attached hydrogens (tertiary/aromatic N) is 1. The maximum atomic E-state index is 13.0. The molecule has 4 atom stereocenters. The fraction of sp³-hybridized carbons (Fsp3) is 0.714. The van der Waals surface area contributed by atoms with Crippen molar-refractivity contribution in [1.29, 1.82) is 0 Å². The Morgan fingerprint density at radius 3 is 2.00 bits per heavy atom. The van der Waals surface area contributed by atoms with Crippen molar-refractivity contribution in [3.05, 3.63) is 0 Å². The molecule has 0 saturated heterocycles. The van der Waals surface area contributed by atoms with Crippen molar-refractivity contribution in [3.63, 3.8) is 0 Å². The molecule has 0 aliphatic carbocycles. The molecule has 14 nitrogen and oxygen atoms in total. The molecule has 15 heteroatoms. The van der Waals surface area contributed by atoms with Gasteiger partial charge >= 0.3 is 11.9 Å². The lowest BCUT2D eigenvalue weighted by Crippen LogP contribution is -2.58. The Morgan fingerprint density at radius 1 is 0.889 bits per heavy atom. The molecule has 0 aromatic heterocycles. The first-order valence-electron chi connectivity index (χ1n) is 11.5. The van der Waals surface area contributed by atoms with Crippen molar-refractivity contribution in [3.8, 4) is 0 Å². The van der Waals surface area contributed by atoms with Gasteiger partial charge in [-0.2, -0.15) is 11.8 Å². The van der Waals surface area contributed by atoms with E-state index in [0.717, 1.165) is 0 Å². The Bertz CT molecular complexity index is 791. The highest BCUT2D eigenvalue weighted by Crippen LogP contribution is 2.08. The van der Waals surface area contributed by atoms with Crippen LogP contribution in [0.25, 0.3) is 0 Å². The van der Waals surface area contributed by atoms with Crippen LogP contribution < -0.4 is 33.2 Å². The number of hydrogen-bond acceptors (Lipinski definition) is 8. The topological polar surface area (TPSA) is 252 Å². The van der Waals surface area contributed by atoms with Crippen molar-refractivity contribution < 1.29 is 34.2 Å². The summed E-state index contributed by atoms with van der Waals surface area (Å²) in [7, 11) is 0. The summed E-state index contributed by atoms with van der Waals surface area (Å²) >= 11 is 1.40. The second-order valence-electron chi connectivity index (χ2n) is 8.46. The van der Waals surface area contributed by atoms with E-state index in [2.05, 4.69) is 20.9 Å². The number of thioether (sulfide) groups is 1. The molecule has 36 heavy (non-hydrogen) atoms. The molecule has 0 aliphatic heterocycles. The predicted octanol–water partition coefficient (Wildman–Crippen LogP) is -1.82. The van der Waals surface area contributed by atoms with Crippen LogP contribution in [0.1, 0.15) is 46.0 Å². The summed E-state index contributed by atoms with van der Waals surface area (Å²) in [5, 5.41) is 25.7. The first-order valence-corrected chi connectivity index (χ1v) is 12.8. The Kier molecular flexibility index (Phi) is 15.9. The van der Waals surface area contributed by atoms with Gasteiger partial charge in [0.15, 0.2) is 5.96 Å². The monoisotopic (exact) mass is 533 g/mol. The Hall–Kier alpha value is -3.07. The normalized spacial score (nSPS) is 14.1. The van der Waals surface area contributed by atoms with E-state index in [-0.39, 0.29) is 31.8 Å². The van der Waals surface area contributed by atoms with Crippen molar-refractivity contribution in [2.75, 3.05) is 18.6 Å². The number of aliphatic carboxylic acids is 2. The van der Waals surface area contributed by atoms with Crippen LogP contribution in [-0.4, -0.2) is 88.6 Å². The summed E-state index contributed by atoms with van der Waals surface area (Å²) < 4.78 is 0. The van der Waals surface area contributed by atoms with Crippen LogP contribution in [-0.2, 0) is 24.0 Å². The molecule has 206 valence electrons. The number of aliphatic imine (C=N–C) groups is 1. The van der Waals surface area contributed by atoms with Crippen molar-refractivity contribution >= 4 is 47.4 Å². The van der Waals surface area contributed by atoms with Gasteiger partial charge in [-0.1, -0.05) is 13.8 Å². The van der Waals surface area contributed by atoms with Gasteiger partial charge in [-0.15, -0.1) is 0 Å². The smallest absolute Gasteiger partial charge is 0.326 e. The summed E-state index contributed by atoms with van der Waals surface area (Å²) in [4.78, 5) is 64.6. The lowest BCUT2D eigenvalue weighted by Gasteiger charge is -2.27. The third-order valence-electron chi connectivity index (χ3n) is 5.06. The van der Waals surface area contributed by atoms with Gasteiger partial charge in [-0.05, 0) is 43.6 Å². The largest absolute Gasteiger partial charge is 0.481 e. The number of rotatable bonds is 18. The maximum absolute atomic E-state index is 13.0. The van der Waals surface area contributed by atoms with E-state index in [4.69, 9.17) is 22.3 Å². The summed E-state index contributed by atoms with van der Waals surface area (Å²) in [6, 6.07) is -4.54. The summed E-state index contributed by atoms with van der Waals surface area (Å²) in [6.07, 6.45) is 1.90. The first-order chi connectivity index (χ1) is 16.8. The molecular weight excluding hydrogens is 494 g/mol. The van der Waals surface area contributed by atoms with Crippen molar-refractivity contribution in [2.24, 2.45) is 28.1 Å². The molecule has 0 rings (SSSR count). The molecule has 0 saturated carbocycles. The summed E-state index contributed by atoms with van der Waals surface area (Å²) in [6.45, 7) is 3.63. The van der Waals surface area contributed by atoms with Gasteiger partial charge in [0.1, 0.15) is 18.1 Å². The fourth-order valence-corrected chi connectivity index (χ4v) is 3.48. The molecule has 0 aromatic rings. The number of carbonyl (C=O) groups is 5. The Labute approximate surface area is 214 Å². The van der Waals surface area contributed by atoms with Gasteiger partial charge in [0.25, 0.3) is 0 Å². The number of hydrogen-bond donors (Lipinski definition) is 8. The van der Waals surface area contributed by atoms with E-state index < -0.39 is 66.2 Å². The number of guanidine groups is 1. The minimum Gasteiger partial charge on any atom is -0.481 e. The van der Waals surface area contributed by atoms with Crippen molar-refractivity contribution in [1.82, 2.24) is 16.0 Å². The molecule has 0 aliphatic rings. The van der Waals surface area contributed by atoms with Crippen LogP contribution in [0, 0.1) is 5.92 Å². The van der Waals surface area contributed by atoms with Crippen LogP contribution >= 0.6 is 11.8 Å². The Morgan fingerprint density at radius 2 is 1.50 bits per heavy atom. The number of carboxylic acid groups (broad SMARTS) is 2. The van der Waals surface area contributed by atoms with Gasteiger partial charge in [0.2, 0.25) is 17.7 Å².